The Morgan fingerprint density at radius 2 is 1.86 bits per heavy atom. The quantitative estimate of drug-likeness (QED) is 0.771. The van der Waals surface area contributed by atoms with Crippen molar-refractivity contribution in [1.82, 2.24) is 0 Å². The van der Waals surface area contributed by atoms with E-state index < -0.39 is 0 Å². The van der Waals surface area contributed by atoms with E-state index in [9.17, 15) is 0 Å². The standard InChI is InChI=1S/C12H19NS/c1-8(2)14-12-6-5-9(3)7-11(12)10(4)13/h5-8,10H,13H2,1-4H3. The smallest absolute Gasteiger partial charge is 0.0277 e. The van der Waals surface area contributed by atoms with Gasteiger partial charge >= 0.3 is 0 Å². The van der Waals surface area contributed by atoms with Crippen LogP contribution < -0.4 is 5.73 Å². The Kier molecular flexibility index (Phi) is 4.02. The van der Waals surface area contributed by atoms with Gasteiger partial charge in [0.15, 0.2) is 0 Å². The molecule has 1 atom stereocenters. The van der Waals surface area contributed by atoms with Crippen LogP contribution in [-0.4, -0.2) is 5.25 Å². The molecule has 78 valence electrons. The number of hydrogen-bond donors (Lipinski definition) is 1. The molecule has 1 unspecified atom stereocenters. The van der Waals surface area contributed by atoms with Crippen LogP contribution in [0.3, 0.4) is 0 Å². The van der Waals surface area contributed by atoms with Crippen LogP contribution in [0, 0.1) is 6.92 Å². The van der Waals surface area contributed by atoms with Gasteiger partial charge in [0.25, 0.3) is 0 Å². The van der Waals surface area contributed by atoms with Crippen molar-refractivity contribution >= 4 is 11.8 Å². The summed E-state index contributed by atoms with van der Waals surface area (Å²) < 4.78 is 0. The van der Waals surface area contributed by atoms with E-state index in [1.54, 1.807) is 0 Å². The first kappa shape index (κ1) is 11.6. The zero-order chi connectivity index (χ0) is 10.7. The first-order valence-electron chi connectivity index (χ1n) is 5.03. The van der Waals surface area contributed by atoms with Gasteiger partial charge in [0.2, 0.25) is 0 Å². The van der Waals surface area contributed by atoms with Crippen LogP contribution in [0.5, 0.6) is 0 Å². The topological polar surface area (TPSA) is 26.0 Å². The minimum absolute atomic E-state index is 0.121. The molecule has 0 amide bonds. The van der Waals surface area contributed by atoms with Crippen LogP contribution in [0.2, 0.25) is 0 Å². The highest BCUT2D eigenvalue weighted by atomic mass is 32.2. The Balaban J connectivity index is 3.02. The van der Waals surface area contributed by atoms with Crippen LogP contribution in [0.15, 0.2) is 23.1 Å². The van der Waals surface area contributed by atoms with E-state index >= 15 is 0 Å². The summed E-state index contributed by atoms with van der Waals surface area (Å²) in [5.41, 5.74) is 8.50. The Hall–Kier alpha value is -0.470. The Bertz CT molecular complexity index is 305. The largest absolute Gasteiger partial charge is 0.324 e. The van der Waals surface area contributed by atoms with Crippen molar-refractivity contribution in [3.8, 4) is 0 Å². The average Bonchev–Trinajstić information content (AvgIpc) is 2.07. The first-order chi connectivity index (χ1) is 6.50. The lowest BCUT2D eigenvalue weighted by atomic mass is 10.1. The van der Waals surface area contributed by atoms with Crippen molar-refractivity contribution in [1.29, 1.82) is 0 Å². The van der Waals surface area contributed by atoms with Gasteiger partial charge in [-0.15, -0.1) is 11.8 Å². The summed E-state index contributed by atoms with van der Waals surface area (Å²) in [5.74, 6) is 0. The molecule has 0 fully saturated rings. The summed E-state index contributed by atoms with van der Waals surface area (Å²) in [6.07, 6.45) is 0. The fraction of sp³-hybridized carbons (Fsp3) is 0.500. The fourth-order valence-electron chi connectivity index (χ4n) is 1.38. The van der Waals surface area contributed by atoms with E-state index in [1.165, 1.54) is 16.0 Å². The highest BCUT2D eigenvalue weighted by Gasteiger charge is 2.08. The number of thioether (sulfide) groups is 1. The molecule has 1 nitrogen and oxygen atoms in total. The predicted molar refractivity (Wildman–Crippen MR) is 64.8 cm³/mol. The third-order valence-electron chi connectivity index (χ3n) is 2.02. The lowest BCUT2D eigenvalue weighted by Crippen LogP contribution is -2.07. The zero-order valence-corrected chi connectivity index (χ0v) is 10.2. The normalized spacial score (nSPS) is 13.3. The van der Waals surface area contributed by atoms with E-state index in [-0.39, 0.29) is 6.04 Å². The number of aryl methyl sites for hydroxylation is 1. The van der Waals surface area contributed by atoms with Crippen LogP contribution in [0.1, 0.15) is 37.9 Å². The Morgan fingerprint density at radius 3 is 2.36 bits per heavy atom. The van der Waals surface area contributed by atoms with Crippen LogP contribution >= 0.6 is 11.8 Å². The van der Waals surface area contributed by atoms with Gasteiger partial charge in [-0.2, -0.15) is 0 Å². The molecule has 0 aromatic heterocycles. The molecule has 2 N–H and O–H groups in total. The molecule has 0 aliphatic rings. The second kappa shape index (κ2) is 4.85. The van der Waals surface area contributed by atoms with Crippen molar-refractivity contribution in [2.24, 2.45) is 5.73 Å². The molecule has 2 heteroatoms. The van der Waals surface area contributed by atoms with E-state index in [0.29, 0.717) is 5.25 Å². The summed E-state index contributed by atoms with van der Waals surface area (Å²) in [5, 5.41) is 0.607. The lowest BCUT2D eigenvalue weighted by Gasteiger charge is -2.14. The van der Waals surface area contributed by atoms with Gasteiger partial charge in [0.05, 0.1) is 0 Å². The van der Waals surface area contributed by atoms with Crippen molar-refractivity contribution < 1.29 is 0 Å². The van der Waals surface area contributed by atoms with Crippen molar-refractivity contribution in [3.05, 3.63) is 29.3 Å². The minimum Gasteiger partial charge on any atom is -0.324 e. The molecule has 0 radical (unpaired) electrons. The lowest BCUT2D eigenvalue weighted by molar-refractivity contribution is 0.795. The molecule has 0 bridgehead atoms. The average molecular weight is 209 g/mol. The maximum atomic E-state index is 5.95. The van der Waals surface area contributed by atoms with Crippen LogP contribution in [0.4, 0.5) is 0 Å². The fourth-order valence-corrected chi connectivity index (χ4v) is 2.42. The molecule has 0 heterocycles. The zero-order valence-electron chi connectivity index (χ0n) is 9.37. The van der Waals surface area contributed by atoms with E-state index in [1.807, 2.05) is 18.7 Å². The van der Waals surface area contributed by atoms with Gasteiger partial charge in [-0.1, -0.05) is 31.5 Å². The molecule has 1 rings (SSSR count). The van der Waals surface area contributed by atoms with E-state index in [2.05, 4.69) is 39.0 Å². The number of hydrogen-bond acceptors (Lipinski definition) is 2. The summed E-state index contributed by atoms with van der Waals surface area (Å²) in [4.78, 5) is 1.32. The molecule has 1 aromatic carbocycles. The summed E-state index contributed by atoms with van der Waals surface area (Å²) in [6, 6.07) is 6.64. The number of rotatable bonds is 3. The van der Waals surface area contributed by atoms with Crippen LogP contribution in [0.25, 0.3) is 0 Å². The molecule has 0 saturated carbocycles. The van der Waals surface area contributed by atoms with E-state index in [4.69, 9.17) is 5.73 Å². The summed E-state index contributed by atoms with van der Waals surface area (Å²) in [6.45, 7) is 8.56. The minimum atomic E-state index is 0.121. The summed E-state index contributed by atoms with van der Waals surface area (Å²) >= 11 is 1.88. The number of benzene rings is 1. The predicted octanol–water partition coefficient (Wildman–Crippen LogP) is 3.52. The maximum absolute atomic E-state index is 5.95. The third kappa shape index (κ3) is 3.03. The molecule has 1 aromatic rings. The number of nitrogens with two attached hydrogens (primary N) is 1. The third-order valence-corrected chi connectivity index (χ3v) is 3.12. The monoisotopic (exact) mass is 209 g/mol. The van der Waals surface area contributed by atoms with Gasteiger partial charge in [0.1, 0.15) is 0 Å². The van der Waals surface area contributed by atoms with Gasteiger partial charge in [0, 0.05) is 16.2 Å². The SMILES string of the molecule is Cc1ccc(SC(C)C)c(C(C)N)c1. The van der Waals surface area contributed by atoms with Crippen LogP contribution in [-0.2, 0) is 0 Å². The molecule has 0 spiro atoms. The second-order valence-electron chi connectivity index (χ2n) is 4.00. The maximum Gasteiger partial charge on any atom is 0.0277 e. The molecule has 0 saturated heterocycles. The summed E-state index contributed by atoms with van der Waals surface area (Å²) in [7, 11) is 0. The molecule has 0 aliphatic heterocycles. The molecular weight excluding hydrogens is 190 g/mol. The van der Waals surface area contributed by atoms with E-state index in [0.717, 1.165) is 0 Å². The highest BCUT2D eigenvalue weighted by Crippen LogP contribution is 2.30. The van der Waals surface area contributed by atoms with Crippen molar-refractivity contribution in [2.45, 2.75) is 43.9 Å². The first-order valence-corrected chi connectivity index (χ1v) is 5.91. The van der Waals surface area contributed by atoms with Crippen molar-refractivity contribution in [2.75, 3.05) is 0 Å². The molecular formula is C12H19NS. The highest BCUT2D eigenvalue weighted by molar-refractivity contribution is 8.00. The molecule has 0 aliphatic carbocycles. The van der Waals surface area contributed by atoms with Gasteiger partial charge in [-0.3, -0.25) is 0 Å². The van der Waals surface area contributed by atoms with Crippen molar-refractivity contribution in [3.63, 3.8) is 0 Å². The van der Waals surface area contributed by atoms with Gasteiger partial charge in [-0.25, -0.2) is 0 Å². The van der Waals surface area contributed by atoms with Gasteiger partial charge < -0.3 is 5.73 Å². The second-order valence-corrected chi connectivity index (χ2v) is 5.61. The Morgan fingerprint density at radius 1 is 1.21 bits per heavy atom. The molecule has 14 heavy (non-hydrogen) atoms. The van der Waals surface area contributed by atoms with Gasteiger partial charge in [-0.05, 0) is 25.5 Å². The Labute approximate surface area is 91.1 Å².